The number of hydrogen-bond donors (Lipinski definition) is 0. The zero-order valence-electron chi connectivity index (χ0n) is 15.8. The van der Waals surface area contributed by atoms with Gasteiger partial charge in [-0.3, -0.25) is 9.59 Å². The molecule has 0 fully saturated rings. The topological polar surface area (TPSA) is 51.4 Å². The first-order valence-electron chi connectivity index (χ1n) is 9.50. The zero-order chi connectivity index (χ0) is 20.0. The van der Waals surface area contributed by atoms with Crippen LogP contribution in [-0.2, 0) is 6.42 Å². The van der Waals surface area contributed by atoms with Crippen LogP contribution in [0.1, 0.15) is 37.9 Å². The molecule has 0 saturated heterocycles. The number of para-hydroxylation sites is 1. The van der Waals surface area contributed by atoms with E-state index < -0.39 is 0 Å². The summed E-state index contributed by atoms with van der Waals surface area (Å²) >= 11 is 1.44. The number of Topliss-reactive ketones (excluding diaryl/α,β-unsaturated/α-hetero) is 1. The van der Waals surface area contributed by atoms with Gasteiger partial charge in [0.1, 0.15) is 6.04 Å². The van der Waals surface area contributed by atoms with Gasteiger partial charge in [-0.25, -0.2) is 0 Å². The van der Waals surface area contributed by atoms with Crippen LogP contribution in [0.3, 0.4) is 0 Å². The van der Waals surface area contributed by atoms with E-state index >= 15 is 0 Å². The van der Waals surface area contributed by atoms with Crippen LogP contribution in [0.25, 0.3) is 10.2 Å². The van der Waals surface area contributed by atoms with Crippen molar-refractivity contribution < 1.29 is 9.59 Å². The normalized spacial score (nSPS) is 16.4. The highest BCUT2D eigenvalue weighted by atomic mass is 32.1. The largest absolute Gasteiger partial charge is 0.305 e. The van der Waals surface area contributed by atoms with Crippen LogP contribution in [0.5, 0.6) is 0 Å². The molecule has 0 saturated carbocycles. The minimum Gasteiger partial charge on any atom is -0.305 e. The number of nitrogens with zero attached hydrogens (tertiary/aromatic N) is 2. The van der Waals surface area contributed by atoms with Crippen LogP contribution in [0.2, 0.25) is 0 Å². The maximum absolute atomic E-state index is 13.1. The van der Waals surface area contributed by atoms with E-state index in [2.05, 4.69) is 4.99 Å². The van der Waals surface area contributed by atoms with Gasteiger partial charge in [-0.1, -0.05) is 65.4 Å². The molecule has 1 amide bonds. The fourth-order valence-corrected chi connectivity index (χ4v) is 4.91. The number of benzene rings is 3. The zero-order valence-corrected chi connectivity index (χ0v) is 16.6. The molecule has 1 aliphatic carbocycles. The Balaban J connectivity index is 1.67. The van der Waals surface area contributed by atoms with Gasteiger partial charge in [-0.05, 0) is 36.8 Å². The lowest BCUT2D eigenvalue weighted by Gasteiger charge is -2.12. The fourth-order valence-electron chi connectivity index (χ4n) is 3.85. The summed E-state index contributed by atoms with van der Waals surface area (Å²) in [5, 5.41) is 0. The van der Waals surface area contributed by atoms with E-state index in [1.54, 1.807) is 12.1 Å². The Kier molecular flexibility index (Phi) is 4.25. The molecular formula is C24H18N2O2S. The van der Waals surface area contributed by atoms with E-state index in [1.807, 2.05) is 72.2 Å². The number of thiazole rings is 1. The van der Waals surface area contributed by atoms with Crippen molar-refractivity contribution in [3.8, 4) is 0 Å². The molecule has 29 heavy (non-hydrogen) atoms. The molecule has 4 aromatic rings. The van der Waals surface area contributed by atoms with Crippen LogP contribution in [-0.4, -0.2) is 16.3 Å². The number of aryl methyl sites for hydroxylation is 1. The molecule has 1 aromatic heterocycles. The number of carbonyl (C=O) groups excluding carboxylic acids is 2. The highest BCUT2D eigenvalue weighted by Gasteiger charge is 2.33. The first-order valence-corrected chi connectivity index (χ1v) is 10.3. The van der Waals surface area contributed by atoms with Crippen molar-refractivity contribution in [2.24, 2.45) is 4.99 Å². The first-order chi connectivity index (χ1) is 14.1. The monoisotopic (exact) mass is 398 g/mol. The average Bonchev–Trinajstić information content (AvgIpc) is 3.25. The van der Waals surface area contributed by atoms with Gasteiger partial charge < -0.3 is 4.57 Å². The van der Waals surface area contributed by atoms with Gasteiger partial charge in [0.25, 0.3) is 5.91 Å². The third-order valence-electron chi connectivity index (χ3n) is 5.34. The van der Waals surface area contributed by atoms with Crippen LogP contribution >= 0.6 is 11.3 Å². The SMILES string of the molecule is Cc1ccc(C(=O)N=c2sc3ccccc3n2C2Cc3ccccc3C2=O)cc1. The van der Waals surface area contributed by atoms with Crippen molar-refractivity contribution in [2.75, 3.05) is 0 Å². The molecule has 3 aromatic carbocycles. The standard InChI is InChI=1S/C24H18N2O2S/c1-15-10-12-16(13-11-15)23(28)25-24-26(19-8-4-5-9-21(19)29-24)20-14-17-6-2-3-7-18(17)22(20)27/h2-13,20H,14H2,1H3. The van der Waals surface area contributed by atoms with Crippen molar-refractivity contribution >= 4 is 33.2 Å². The van der Waals surface area contributed by atoms with E-state index in [9.17, 15) is 9.59 Å². The minimum absolute atomic E-state index is 0.0772. The molecular weight excluding hydrogens is 380 g/mol. The third kappa shape index (κ3) is 3.04. The molecule has 0 bridgehead atoms. The Labute approximate surface area is 171 Å². The number of aromatic nitrogens is 1. The summed E-state index contributed by atoms with van der Waals surface area (Å²) in [5.74, 6) is -0.221. The average molecular weight is 398 g/mol. The summed E-state index contributed by atoms with van der Waals surface area (Å²) in [4.78, 5) is 30.9. The lowest BCUT2D eigenvalue weighted by Crippen LogP contribution is -2.26. The molecule has 5 heteroatoms. The van der Waals surface area contributed by atoms with Crippen LogP contribution in [0.15, 0.2) is 77.8 Å². The molecule has 0 N–H and O–H groups in total. The molecule has 0 spiro atoms. The van der Waals surface area contributed by atoms with Gasteiger partial charge >= 0.3 is 0 Å². The van der Waals surface area contributed by atoms with Crippen LogP contribution in [0, 0.1) is 6.92 Å². The van der Waals surface area contributed by atoms with E-state index in [0.717, 1.165) is 26.9 Å². The second-order valence-corrected chi connectivity index (χ2v) is 8.26. The molecule has 1 aliphatic rings. The maximum atomic E-state index is 13.1. The Morgan fingerprint density at radius 3 is 2.52 bits per heavy atom. The van der Waals surface area contributed by atoms with Crippen molar-refractivity contribution in [1.29, 1.82) is 0 Å². The Bertz CT molecular complexity index is 1330. The van der Waals surface area contributed by atoms with Gasteiger partial charge in [0.15, 0.2) is 10.6 Å². The van der Waals surface area contributed by atoms with Crippen molar-refractivity contribution in [3.63, 3.8) is 0 Å². The molecule has 1 atom stereocenters. The second-order valence-electron chi connectivity index (χ2n) is 7.25. The van der Waals surface area contributed by atoms with Crippen molar-refractivity contribution in [2.45, 2.75) is 19.4 Å². The smallest absolute Gasteiger partial charge is 0.279 e. The lowest BCUT2D eigenvalue weighted by atomic mass is 10.1. The molecule has 4 nitrogen and oxygen atoms in total. The molecule has 0 radical (unpaired) electrons. The molecule has 0 aliphatic heterocycles. The van der Waals surface area contributed by atoms with Gasteiger partial charge in [-0.2, -0.15) is 4.99 Å². The summed E-state index contributed by atoms with van der Waals surface area (Å²) in [6.07, 6.45) is 0.613. The number of carbonyl (C=O) groups is 2. The van der Waals surface area contributed by atoms with E-state index in [0.29, 0.717) is 16.8 Å². The highest BCUT2D eigenvalue weighted by Crippen LogP contribution is 2.32. The molecule has 142 valence electrons. The van der Waals surface area contributed by atoms with Gasteiger partial charge in [-0.15, -0.1) is 0 Å². The van der Waals surface area contributed by atoms with E-state index in [-0.39, 0.29) is 17.7 Å². The Morgan fingerprint density at radius 1 is 1.00 bits per heavy atom. The second kappa shape index (κ2) is 6.94. The van der Waals surface area contributed by atoms with E-state index in [1.165, 1.54) is 11.3 Å². The summed E-state index contributed by atoms with van der Waals surface area (Å²) in [5.41, 5.74) is 4.37. The number of hydrogen-bond acceptors (Lipinski definition) is 3. The van der Waals surface area contributed by atoms with Crippen molar-refractivity contribution in [3.05, 3.63) is 99.9 Å². The summed E-state index contributed by atoms with van der Waals surface area (Å²) in [6, 6.07) is 22.6. The number of ketones is 1. The van der Waals surface area contributed by atoms with Crippen LogP contribution in [0.4, 0.5) is 0 Å². The maximum Gasteiger partial charge on any atom is 0.279 e. The van der Waals surface area contributed by atoms with Gasteiger partial charge in [0.2, 0.25) is 0 Å². The fraction of sp³-hybridized carbons (Fsp3) is 0.125. The third-order valence-corrected chi connectivity index (χ3v) is 6.37. The van der Waals surface area contributed by atoms with Crippen LogP contribution < -0.4 is 4.80 Å². The van der Waals surface area contributed by atoms with Gasteiger partial charge in [0.05, 0.1) is 10.2 Å². The Hall–Kier alpha value is -3.31. The quantitative estimate of drug-likeness (QED) is 0.490. The summed E-state index contributed by atoms with van der Waals surface area (Å²) in [7, 11) is 0. The predicted octanol–water partition coefficient (Wildman–Crippen LogP) is 4.73. The molecule has 5 rings (SSSR count). The number of amides is 1. The van der Waals surface area contributed by atoms with Gasteiger partial charge in [0, 0.05) is 17.5 Å². The minimum atomic E-state index is -0.381. The first kappa shape index (κ1) is 17.8. The summed E-state index contributed by atoms with van der Waals surface area (Å²) < 4.78 is 2.95. The lowest BCUT2D eigenvalue weighted by molar-refractivity contribution is 0.0937. The van der Waals surface area contributed by atoms with E-state index in [4.69, 9.17) is 0 Å². The molecule has 1 heterocycles. The number of rotatable bonds is 2. The summed E-state index contributed by atoms with van der Waals surface area (Å²) in [6.45, 7) is 1.98. The number of fused-ring (bicyclic) bond motifs is 2. The predicted molar refractivity (Wildman–Crippen MR) is 114 cm³/mol. The molecule has 1 unspecified atom stereocenters. The van der Waals surface area contributed by atoms with Crippen molar-refractivity contribution in [1.82, 2.24) is 4.57 Å². The highest BCUT2D eigenvalue weighted by molar-refractivity contribution is 7.16. The Morgan fingerprint density at radius 2 is 1.72 bits per heavy atom.